The van der Waals surface area contributed by atoms with Crippen LogP contribution in [0.4, 0.5) is 0 Å². The SMILES string of the molecule is CN1C(=O)C2CC=C3C(c4cc(Cl)ccc4O)C4=C(CC3C2C1=O)C(=O)C(Br)=CC4=O. The number of phenols is 1. The van der Waals surface area contributed by atoms with Gasteiger partial charge in [-0.15, -0.1) is 0 Å². The van der Waals surface area contributed by atoms with Gasteiger partial charge in [-0.1, -0.05) is 23.3 Å². The van der Waals surface area contributed by atoms with E-state index in [-0.39, 0.29) is 40.0 Å². The van der Waals surface area contributed by atoms with Gasteiger partial charge in [0.25, 0.3) is 0 Å². The van der Waals surface area contributed by atoms with Crippen molar-refractivity contribution < 1.29 is 24.3 Å². The lowest BCUT2D eigenvalue weighted by Crippen LogP contribution is -2.39. The van der Waals surface area contributed by atoms with Crippen LogP contribution in [0.5, 0.6) is 5.75 Å². The lowest BCUT2D eigenvalue weighted by Gasteiger charge is -2.42. The number of hydrogen-bond acceptors (Lipinski definition) is 5. The first-order valence-corrected chi connectivity index (χ1v) is 11.1. The highest BCUT2D eigenvalue weighted by molar-refractivity contribution is 9.12. The Morgan fingerprint density at radius 3 is 2.61 bits per heavy atom. The van der Waals surface area contributed by atoms with E-state index in [1.165, 1.54) is 19.2 Å². The van der Waals surface area contributed by atoms with Gasteiger partial charge in [0.1, 0.15) is 5.75 Å². The van der Waals surface area contributed by atoms with Crippen molar-refractivity contribution >= 4 is 50.9 Å². The fourth-order valence-corrected chi connectivity index (χ4v) is 6.10. The maximum Gasteiger partial charge on any atom is 0.233 e. The summed E-state index contributed by atoms with van der Waals surface area (Å²) in [7, 11) is 1.48. The van der Waals surface area contributed by atoms with E-state index < -0.39 is 23.7 Å². The van der Waals surface area contributed by atoms with Crippen LogP contribution in [0.15, 0.2) is 51.6 Å². The summed E-state index contributed by atoms with van der Waals surface area (Å²) in [6.45, 7) is 0. The van der Waals surface area contributed by atoms with Gasteiger partial charge in [0.2, 0.25) is 11.8 Å². The standard InChI is InChI=1S/C23H17BrClNO5/c1-26-22(30)11-4-3-10-12(19(11)23(26)31)7-14-20(17(28)8-15(24)21(14)29)18(10)13-6-9(25)2-5-16(13)27/h2-3,5-6,8,11-12,18-19,27H,4,7H2,1H3. The van der Waals surface area contributed by atoms with E-state index in [4.69, 9.17) is 11.6 Å². The van der Waals surface area contributed by atoms with E-state index >= 15 is 0 Å². The van der Waals surface area contributed by atoms with Gasteiger partial charge in [-0.3, -0.25) is 24.1 Å². The van der Waals surface area contributed by atoms with Crippen LogP contribution in [0, 0.1) is 17.8 Å². The van der Waals surface area contributed by atoms with Crippen LogP contribution in [0.1, 0.15) is 24.3 Å². The van der Waals surface area contributed by atoms with Crippen molar-refractivity contribution in [2.45, 2.75) is 18.8 Å². The molecule has 0 aromatic heterocycles. The molecule has 1 N–H and O–H groups in total. The summed E-state index contributed by atoms with van der Waals surface area (Å²) in [6, 6.07) is 4.58. The highest BCUT2D eigenvalue weighted by Crippen LogP contribution is 2.56. The summed E-state index contributed by atoms with van der Waals surface area (Å²) in [5.41, 5.74) is 1.81. The number of benzene rings is 1. The van der Waals surface area contributed by atoms with E-state index in [9.17, 15) is 24.3 Å². The predicted molar refractivity (Wildman–Crippen MR) is 115 cm³/mol. The number of nitrogens with zero attached hydrogens (tertiary/aromatic N) is 1. The van der Waals surface area contributed by atoms with Gasteiger partial charge in [0.05, 0.1) is 16.3 Å². The smallest absolute Gasteiger partial charge is 0.233 e. The Balaban J connectivity index is 1.75. The largest absolute Gasteiger partial charge is 0.508 e. The van der Waals surface area contributed by atoms with Crippen molar-refractivity contribution in [1.29, 1.82) is 0 Å². The van der Waals surface area contributed by atoms with Crippen molar-refractivity contribution in [3.05, 3.63) is 62.1 Å². The maximum atomic E-state index is 13.0. The number of amides is 2. The fourth-order valence-electron chi connectivity index (χ4n) is 5.48. The second-order valence-corrected chi connectivity index (χ2v) is 9.62. The number of hydrogen-bond donors (Lipinski definition) is 1. The molecule has 1 aliphatic heterocycles. The van der Waals surface area contributed by atoms with Crippen LogP contribution < -0.4 is 0 Å². The lowest BCUT2D eigenvalue weighted by atomic mass is 9.59. The number of halogens is 2. The average Bonchev–Trinajstić information content (AvgIpc) is 2.96. The molecule has 1 heterocycles. The molecular formula is C23H17BrClNO5. The number of carbonyl (C=O) groups is 4. The Morgan fingerprint density at radius 1 is 1.13 bits per heavy atom. The van der Waals surface area contributed by atoms with Crippen molar-refractivity contribution in [2.75, 3.05) is 7.05 Å². The Labute approximate surface area is 191 Å². The monoisotopic (exact) mass is 501 g/mol. The molecule has 1 aromatic rings. The van der Waals surface area contributed by atoms with Gasteiger partial charge in [-0.05, 0) is 52.9 Å². The van der Waals surface area contributed by atoms with Gasteiger partial charge in [-0.25, -0.2) is 0 Å². The molecule has 1 fully saturated rings. The molecule has 1 saturated heterocycles. The minimum absolute atomic E-state index is 0.0512. The number of rotatable bonds is 1. The minimum Gasteiger partial charge on any atom is -0.508 e. The highest BCUT2D eigenvalue weighted by atomic mass is 79.9. The Bertz CT molecular complexity index is 1200. The third-order valence-corrected chi connectivity index (χ3v) is 7.68. The number of ketones is 2. The molecule has 4 aliphatic rings. The number of allylic oxidation sites excluding steroid dienone is 6. The van der Waals surface area contributed by atoms with Crippen LogP contribution in [0.25, 0.3) is 0 Å². The quantitative estimate of drug-likeness (QED) is 0.361. The summed E-state index contributed by atoms with van der Waals surface area (Å²) < 4.78 is 0.163. The molecule has 158 valence electrons. The highest BCUT2D eigenvalue weighted by Gasteiger charge is 2.55. The first-order valence-electron chi connectivity index (χ1n) is 9.89. The zero-order chi connectivity index (χ0) is 22.2. The minimum atomic E-state index is -0.712. The molecule has 5 rings (SSSR count). The van der Waals surface area contributed by atoms with Gasteiger partial charge in [0.15, 0.2) is 11.6 Å². The summed E-state index contributed by atoms with van der Waals surface area (Å²) in [6.07, 6.45) is 3.71. The zero-order valence-corrected chi connectivity index (χ0v) is 18.7. The molecule has 0 radical (unpaired) electrons. The molecule has 8 heteroatoms. The molecule has 1 aromatic carbocycles. The summed E-state index contributed by atoms with van der Waals surface area (Å²) >= 11 is 9.38. The van der Waals surface area contributed by atoms with Gasteiger partial charge in [-0.2, -0.15) is 0 Å². The number of aromatic hydroxyl groups is 1. The van der Waals surface area contributed by atoms with Crippen LogP contribution in [0.3, 0.4) is 0 Å². The van der Waals surface area contributed by atoms with Gasteiger partial charge < -0.3 is 5.11 Å². The van der Waals surface area contributed by atoms with E-state index in [1.807, 2.05) is 6.08 Å². The molecule has 0 saturated carbocycles. The summed E-state index contributed by atoms with van der Waals surface area (Å²) in [4.78, 5) is 52.8. The van der Waals surface area contributed by atoms with Crippen LogP contribution in [-0.4, -0.2) is 40.4 Å². The molecule has 6 nitrogen and oxygen atoms in total. The first-order chi connectivity index (χ1) is 14.7. The van der Waals surface area contributed by atoms with Gasteiger partial charge in [0, 0.05) is 40.8 Å². The first kappa shape index (κ1) is 20.4. The molecule has 0 spiro atoms. The normalized spacial score (nSPS) is 30.1. The number of phenolic OH excluding ortho intramolecular Hbond substituents is 1. The third kappa shape index (κ3) is 2.83. The van der Waals surface area contributed by atoms with Crippen molar-refractivity contribution in [3.8, 4) is 5.75 Å². The van der Waals surface area contributed by atoms with E-state index in [2.05, 4.69) is 15.9 Å². The summed E-state index contributed by atoms with van der Waals surface area (Å²) in [5.74, 6) is -3.38. The Kier molecular flexibility index (Phi) is 4.61. The van der Waals surface area contributed by atoms with Crippen molar-refractivity contribution in [2.24, 2.45) is 17.8 Å². The maximum absolute atomic E-state index is 13.0. The predicted octanol–water partition coefficient (Wildman–Crippen LogP) is 3.44. The number of imide groups is 1. The topological polar surface area (TPSA) is 91.8 Å². The molecule has 4 unspecified atom stereocenters. The lowest BCUT2D eigenvalue weighted by molar-refractivity contribution is -0.138. The fraction of sp³-hybridized carbons (Fsp3) is 0.304. The molecule has 0 bridgehead atoms. The third-order valence-electron chi connectivity index (χ3n) is 6.85. The van der Waals surface area contributed by atoms with Crippen LogP contribution in [-0.2, 0) is 19.2 Å². The second-order valence-electron chi connectivity index (χ2n) is 8.33. The van der Waals surface area contributed by atoms with Crippen molar-refractivity contribution in [1.82, 2.24) is 4.90 Å². The number of likely N-dealkylation sites (tertiary alicyclic amines) is 1. The molecule has 2 amide bonds. The Hall–Kier alpha value is -2.51. The number of carbonyl (C=O) groups excluding carboxylic acids is 4. The van der Waals surface area contributed by atoms with Crippen LogP contribution >= 0.6 is 27.5 Å². The van der Waals surface area contributed by atoms with E-state index in [1.54, 1.807) is 12.1 Å². The molecular weight excluding hydrogens is 486 g/mol. The number of fused-ring (bicyclic) bond motifs is 3. The molecule has 31 heavy (non-hydrogen) atoms. The average molecular weight is 503 g/mol. The molecule has 3 aliphatic carbocycles. The Morgan fingerprint density at radius 2 is 1.87 bits per heavy atom. The molecule has 4 atom stereocenters. The number of Topliss-reactive ketones (excluding diaryl/α,β-unsaturated/α-hetero) is 1. The zero-order valence-electron chi connectivity index (χ0n) is 16.4. The van der Waals surface area contributed by atoms with E-state index in [0.717, 1.165) is 10.5 Å². The van der Waals surface area contributed by atoms with Gasteiger partial charge >= 0.3 is 0 Å². The summed E-state index contributed by atoms with van der Waals surface area (Å²) in [5, 5.41) is 11.0. The van der Waals surface area contributed by atoms with Crippen molar-refractivity contribution in [3.63, 3.8) is 0 Å². The second kappa shape index (κ2) is 7.00. The van der Waals surface area contributed by atoms with E-state index in [0.29, 0.717) is 28.2 Å². The van der Waals surface area contributed by atoms with Crippen LogP contribution in [0.2, 0.25) is 5.02 Å².